The predicted molar refractivity (Wildman–Crippen MR) is 84.0 cm³/mol. The van der Waals surface area contributed by atoms with Crippen LogP contribution < -0.4 is 5.32 Å². The van der Waals surface area contributed by atoms with E-state index in [0.717, 1.165) is 18.5 Å². The van der Waals surface area contributed by atoms with Crippen LogP contribution >= 0.6 is 11.6 Å². The topological polar surface area (TPSA) is 46.2 Å². The van der Waals surface area contributed by atoms with Gasteiger partial charge in [0.1, 0.15) is 5.82 Å². The average Bonchev–Trinajstić information content (AvgIpc) is 2.77. The van der Waals surface area contributed by atoms with Crippen LogP contribution in [0.5, 0.6) is 0 Å². The summed E-state index contributed by atoms with van der Waals surface area (Å²) in [7, 11) is -2.91. The molecule has 21 heavy (non-hydrogen) atoms. The number of nitrogens with one attached hydrogen (secondary N) is 1. The molecule has 0 saturated carbocycles. The van der Waals surface area contributed by atoms with E-state index < -0.39 is 9.84 Å². The predicted octanol–water partition coefficient (Wildman–Crippen LogP) is 2.82. The Morgan fingerprint density at radius 1 is 1.48 bits per heavy atom. The Morgan fingerprint density at radius 2 is 2.24 bits per heavy atom. The van der Waals surface area contributed by atoms with E-state index in [-0.39, 0.29) is 29.3 Å². The second kappa shape index (κ2) is 7.07. The fourth-order valence-corrected chi connectivity index (χ4v) is 4.92. The SMILES string of the molecule is CCCNC(Cc1ccc(F)cc1Cl)C1CCS(=O)(=O)C1. The van der Waals surface area contributed by atoms with Gasteiger partial charge in [-0.1, -0.05) is 24.6 Å². The van der Waals surface area contributed by atoms with E-state index >= 15 is 0 Å². The first kappa shape index (κ1) is 16.7. The zero-order chi connectivity index (χ0) is 15.5. The van der Waals surface area contributed by atoms with Gasteiger partial charge in [0.15, 0.2) is 9.84 Å². The first-order valence-electron chi connectivity index (χ1n) is 7.29. The highest BCUT2D eigenvalue weighted by molar-refractivity contribution is 7.91. The molecular weight excluding hydrogens is 313 g/mol. The molecule has 0 bridgehead atoms. The van der Waals surface area contributed by atoms with Gasteiger partial charge in [-0.2, -0.15) is 0 Å². The van der Waals surface area contributed by atoms with E-state index in [9.17, 15) is 12.8 Å². The molecule has 118 valence electrons. The minimum atomic E-state index is -2.91. The number of hydrogen-bond acceptors (Lipinski definition) is 3. The second-order valence-electron chi connectivity index (χ2n) is 5.66. The first-order chi connectivity index (χ1) is 9.91. The summed E-state index contributed by atoms with van der Waals surface area (Å²) < 4.78 is 36.5. The molecule has 1 heterocycles. The molecule has 1 saturated heterocycles. The summed E-state index contributed by atoms with van der Waals surface area (Å²) in [5.41, 5.74) is 0.857. The molecule has 2 unspecified atom stereocenters. The molecule has 1 N–H and O–H groups in total. The van der Waals surface area contributed by atoms with Crippen LogP contribution in [0.1, 0.15) is 25.3 Å². The van der Waals surface area contributed by atoms with Crippen molar-refractivity contribution >= 4 is 21.4 Å². The third kappa shape index (κ3) is 4.66. The standard InChI is InChI=1S/C15H21ClFNO2S/c1-2-6-18-15(12-5-7-21(19,20)10-12)8-11-3-4-13(17)9-14(11)16/h3-4,9,12,15,18H,2,5-8,10H2,1H3. The Balaban J connectivity index is 2.12. The maximum atomic E-state index is 13.1. The van der Waals surface area contributed by atoms with Crippen molar-refractivity contribution in [3.8, 4) is 0 Å². The number of hydrogen-bond donors (Lipinski definition) is 1. The summed E-state index contributed by atoms with van der Waals surface area (Å²) in [4.78, 5) is 0. The lowest BCUT2D eigenvalue weighted by Gasteiger charge is -2.24. The van der Waals surface area contributed by atoms with Crippen LogP contribution in [0.2, 0.25) is 5.02 Å². The maximum absolute atomic E-state index is 13.1. The highest BCUT2D eigenvalue weighted by Crippen LogP contribution is 2.26. The minimum absolute atomic E-state index is 0.0604. The summed E-state index contributed by atoms with van der Waals surface area (Å²) in [5, 5.41) is 3.82. The van der Waals surface area contributed by atoms with Crippen LogP contribution in [-0.2, 0) is 16.3 Å². The van der Waals surface area contributed by atoms with E-state index in [1.54, 1.807) is 6.07 Å². The van der Waals surface area contributed by atoms with Gasteiger partial charge in [-0.15, -0.1) is 0 Å². The van der Waals surface area contributed by atoms with Crippen molar-refractivity contribution in [3.05, 3.63) is 34.6 Å². The molecule has 1 aliphatic heterocycles. The van der Waals surface area contributed by atoms with Crippen molar-refractivity contribution in [3.63, 3.8) is 0 Å². The van der Waals surface area contributed by atoms with E-state index in [1.165, 1.54) is 12.1 Å². The average molecular weight is 334 g/mol. The Morgan fingerprint density at radius 3 is 2.81 bits per heavy atom. The lowest BCUT2D eigenvalue weighted by atomic mass is 9.93. The van der Waals surface area contributed by atoms with Crippen LogP contribution in [0.4, 0.5) is 4.39 Å². The van der Waals surface area contributed by atoms with E-state index in [1.807, 2.05) is 0 Å². The molecule has 0 spiro atoms. The summed E-state index contributed by atoms with van der Waals surface area (Å²) >= 11 is 6.08. The Hall–Kier alpha value is -0.650. The van der Waals surface area contributed by atoms with Crippen LogP contribution in [0.3, 0.4) is 0 Å². The highest BCUT2D eigenvalue weighted by Gasteiger charge is 2.33. The largest absolute Gasteiger partial charge is 0.313 e. The highest BCUT2D eigenvalue weighted by atomic mass is 35.5. The number of benzene rings is 1. The minimum Gasteiger partial charge on any atom is -0.313 e. The number of rotatable bonds is 6. The molecule has 0 aliphatic carbocycles. The zero-order valence-electron chi connectivity index (χ0n) is 12.1. The Labute approximate surface area is 130 Å². The van der Waals surface area contributed by atoms with Crippen molar-refractivity contribution in [2.45, 2.75) is 32.2 Å². The van der Waals surface area contributed by atoms with Gasteiger partial charge in [-0.25, -0.2) is 12.8 Å². The molecule has 1 fully saturated rings. The fourth-order valence-electron chi connectivity index (χ4n) is 2.80. The second-order valence-corrected chi connectivity index (χ2v) is 8.30. The molecule has 2 atom stereocenters. The van der Waals surface area contributed by atoms with Crippen LogP contribution in [0.15, 0.2) is 18.2 Å². The van der Waals surface area contributed by atoms with Gasteiger partial charge in [0.25, 0.3) is 0 Å². The first-order valence-corrected chi connectivity index (χ1v) is 9.49. The lowest BCUT2D eigenvalue weighted by molar-refractivity contribution is 0.379. The van der Waals surface area contributed by atoms with Gasteiger partial charge in [0, 0.05) is 11.1 Å². The summed E-state index contributed by atoms with van der Waals surface area (Å²) in [6, 6.07) is 4.44. The van der Waals surface area contributed by atoms with Gasteiger partial charge >= 0.3 is 0 Å². The van der Waals surface area contributed by atoms with Gasteiger partial charge in [-0.3, -0.25) is 0 Å². The van der Waals surface area contributed by atoms with Crippen molar-refractivity contribution in [2.75, 3.05) is 18.1 Å². The normalized spacial score (nSPS) is 22.3. The molecule has 3 nitrogen and oxygen atoms in total. The van der Waals surface area contributed by atoms with Crippen LogP contribution in [0.25, 0.3) is 0 Å². The Bertz CT molecular complexity index is 591. The molecule has 0 aromatic heterocycles. The third-order valence-corrected chi connectivity index (χ3v) is 6.09. The summed E-state index contributed by atoms with van der Waals surface area (Å²) in [6.45, 7) is 2.90. The quantitative estimate of drug-likeness (QED) is 0.870. The fraction of sp³-hybridized carbons (Fsp3) is 0.600. The van der Waals surface area contributed by atoms with Crippen molar-refractivity contribution in [2.24, 2.45) is 5.92 Å². The Kier molecular flexibility index (Phi) is 5.63. The molecule has 1 aromatic rings. The molecule has 1 aromatic carbocycles. The summed E-state index contributed by atoms with van der Waals surface area (Å²) in [5.74, 6) is 0.236. The molecule has 0 amide bonds. The monoisotopic (exact) mass is 333 g/mol. The number of sulfone groups is 1. The van der Waals surface area contributed by atoms with Gasteiger partial charge in [-0.05, 0) is 49.4 Å². The molecule has 0 radical (unpaired) electrons. The zero-order valence-corrected chi connectivity index (χ0v) is 13.7. The van der Waals surface area contributed by atoms with Crippen molar-refractivity contribution < 1.29 is 12.8 Å². The molecular formula is C15H21ClFNO2S. The van der Waals surface area contributed by atoms with Gasteiger partial charge in [0.05, 0.1) is 11.5 Å². The molecule has 2 rings (SSSR count). The molecule has 6 heteroatoms. The van der Waals surface area contributed by atoms with E-state index in [4.69, 9.17) is 11.6 Å². The van der Waals surface area contributed by atoms with E-state index in [2.05, 4.69) is 12.2 Å². The number of halogens is 2. The third-order valence-electron chi connectivity index (χ3n) is 3.95. The maximum Gasteiger partial charge on any atom is 0.150 e. The van der Waals surface area contributed by atoms with Crippen molar-refractivity contribution in [1.82, 2.24) is 5.32 Å². The van der Waals surface area contributed by atoms with Gasteiger partial charge in [0.2, 0.25) is 0 Å². The van der Waals surface area contributed by atoms with E-state index in [0.29, 0.717) is 17.9 Å². The molecule has 1 aliphatic rings. The lowest BCUT2D eigenvalue weighted by Crippen LogP contribution is -2.39. The van der Waals surface area contributed by atoms with Crippen molar-refractivity contribution in [1.29, 1.82) is 0 Å². The van der Waals surface area contributed by atoms with Crippen LogP contribution in [0, 0.1) is 11.7 Å². The summed E-state index contributed by atoms with van der Waals surface area (Å²) in [6.07, 6.45) is 2.29. The van der Waals surface area contributed by atoms with Gasteiger partial charge < -0.3 is 5.32 Å². The smallest absolute Gasteiger partial charge is 0.150 e. The van der Waals surface area contributed by atoms with Crippen LogP contribution in [-0.4, -0.2) is 32.5 Å².